The van der Waals surface area contributed by atoms with Crippen LogP contribution in [0.3, 0.4) is 0 Å². The Hall–Kier alpha value is -0.0800. The van der Waals surface area contributed by atoms with Crippen molar-refractivity contribution in [2.24, 2.45) is 5.73 Å². The van der Waals surface area contributed by atoms with E-state index in [1.54, 1.807) is 0 Å². The fourth-order valence-electron chi connectivity index (χ4n) is 0.606. The molecule has 0 aliphatic carbocycles. The van der Waals surface area contributed by atoms with Gasteiger partial charge in [-0.25, -0.2) is 0 Å². The van der Waals surface area contributed by atoms with Crippen molar-refractivity contribution in [3.05, 3.63) is 5.32 Å². The Morgan fingerprint density at radius 3 is 2.67 bits per heavy atom. The lowest BCUT2D eigenvalue weighted by molar-refractivity contribution is 0.757. The average molecular weight is 85.1 g/mol. The average Bonchev–Trinajstić information content (AvgIpc) is 1.86. The molecule has 0 spiro atoms. The van der Waals surface area contributed by atoms with Gasteiger partial charge in [-0.2, -0.15) is 0 Å². The maximum Gasteiger partial charge on any atom is -0.0166 e. The van der Waals surface area contributed by atoms with Gasteiger partial charge in [0.15, 0.2) is 0 Å². The Kier molecular flexibility index (Phi) is 1.08. The first-order chi connectivity index (χ1) is 2.89. The first-order valence-corrected chi connectivity index (χ1v) is 2.28. The van der Waals surface area contributed by atoms with Gasteiger partial charge in [0.05, 0.1) is 0 Å². The summed E-state index contributed by atoms with van der Waals surface area (Å²) < 4.78 is 0. The molecule has 6 heavy (non-hydrogen) atoms. The normalized spacial score (nSPS) is 34.5. The number of nitrogens with zero attached hydrogens (tertiary/aromatic N) is 1. The predicted molar refractivity (Wildman–Crippen MR) is 25.7 cm³/mol. The zero-order valence-electron chi connectivity index (χ0n) is 3.72. The third kappa shape index (κ3) is 0.698. The fourth-order valence-corrected chi connectivity index (χ4v) is 0.606. The molecular weight excluding hydrogens is 76.1 g/mol. The second-order valence-corrected chi connectivity index (χ2v) is 1.68. The maximum absolute atomic E-state index is 5.44. The lowest BCUT2D eigenvalue weighted by Crippen LogP contribution is -2.17. The van der Waals surface area contributed by atoms with Crippen molar-refractivity contribution < 1.29 is 0 Å². The molecule has 1 heterocycles. The van der Waals surface area contributed by atoms with Crippen LogP contribution >= 0.6 is 0 Å². The summed E-state index contributed by atoms with van der Waals surface area (Å²) >= 11 is 0. The minimum atomic E-state index is 0.380. The van der Waals surface area contributed by atoms with Gasteiger partial charge in [-0.05, 0) is 6.04 Å². The standard InChI is InChI=1S/C4H9N2/c5-4-1-2-6-3-4/h4H,1-3,5H2/q-1. The quantitative estimate of drug-likeness (QED) is 0.445. The Morgan fingerprint density at radius 2 is 2.50 bits per heavy atom. The summed E-state index contributed by atoms with van der Waals surface area (Å²) in [4.78, 5) is 0. The van der Waals surface area contributed by atoms with Gasteiger partial charge in [-0.3, -0.25) is 0 Å². The molecule has 0 radical (unpaired) electrons. The molecule has 0 amide bonds. The van der Waals surface area contributed by atoms with Crippen LogP contribution in [0.2, 0.25) is 0 Å². The Bertz CT molecular complexity index is 38.8. The van der Waals surface area contributed by atoms with Crippen molar-refractivity contribution in [3.8, 4) is 0 Å². The summed E-state index contributed by atoms with van der Waals surface area (Å²) in [6, 6.07) is 0.380. The first-order valence-electron chi connectivity index (χ1n) is 2.28. The Morgan fingerprint density at radius 1 is 1.67 bits per heavy atom. The molecule has 2 N–H and O–H groups in total. The highest BCUT2D eigenvalue weighted by molar-refractivity contribution is 4.94. The smallest absolute Gasteiger partial charge is 0.0166 e. The van der Waals surface area contributed by atoms with Crippen LogP contribution in [0, 0.1) is 0 Å². The fraction of sp³-hybridized carbons (Fsp3) is 1.00. The number of rotatable bonds is 0. The lowest BCUT2D eigenvalue weighted by Gasteiger charge is -2.03. The monoisotopic (exact) mass is 85.1 g/mol. The molecule has 1 atom stereocenters. The molecule has 0 aromatic heterocycles. The summed E-state index contributed by atoms with van der Waals surface area (Å²) in [6.45, 7) is 1.88. The van der Waals surface area contributed by atoms with Gasteiger partial charge in [0.2, 0.25) is 0 Å². The zero-order valence-corrected chi connectivity index (χ0v) is 3.72. The molecule has 1 aliphatic rings. The van der Waals surface area contributed by atoms with E-state index < -0.39 is 0 Å². The van der Waals surface area contributed by atoms with Crippen molar-refractivity contribution in [1.82, 2.24) is 0 Å². The van der Waals surface area contributed by atoms with E-state index in [1.807, 2.05) is 0 Å². The third-order valence-electron chi connectivity index (χ3n) is 1.02. The largest absolute Gasteiger partial charge is 0.661 e. The van der Waals surface area contributed by atoms with E-state index in [1.165, 1.54) is 0 Å². The second-order valence-electron chi connectivity index (χ2n) is 1.68. The van der Waals surface area contributed by atoms with Crippen LogP contribution in [-0.4, -0.2) is 19.1 Å². The van der Waals surface area contributed by atoms with Crippen molar-refractivity contribution >= 4 is 0 Å². The molecule has 0 aromatic rings. The molecule has 0 aromatic carbocycles. The van der Waals surface area contributed by atoms with Gasteiger partial charge in [0.1, 0.15) is 0 Å². The van der Waals surface area contributed by atoms with Crippen molar-refractivity contribution in [2.45, 2.75) is 12.5 Å². The van der Waals surface area contributed by atoms with Crippen molar-refractivity contribution in [2.75, 3.05) is 13.1 Å². The molecule has 1 rings (SSSR count). The van der Waals surface area contributed by atoms with Crippen molar-refractivity contribution in [1.29, 1.82) is 0 Å². The van der Waals surface area contributed by atoms with Crippen LogP contribution in [0.15, 0.2) is 0 Å². The van der Waals surface area contributed by atoms with Gasteiger partial charge < -0.3 is 11.1 Å². The lowest BCUT2D eigenvalue weighted by atomic mass is 10.3. The van der Waals surface area contributed by atoms with Crippen LogP contribution < -0.4 is 5.73 Å². The number of hydrogen-bond acceptors (Lipinski definition) is 1. The zero-order chi connectivity index (χ0) is 4.41. The van der Waals surface area contributed by atoms with Crippen LogP contribution in [0.1, 0.15) is 6.42 Å². The maximum atomic E-state index is 5.44. The highest BCUT2D eigenvalue weighted by Gasteiger charge is 1.96. The van der Waals surface area contributed by atoms with Gasteiger partial charge in [0.25, 0.3) is 0 Å². The van der Waals surface area contributed by atoms with Gasteiger partial charge in [0, 0.05) is 0 Å². The van der Waals surface area contributed by atoms with E-state index in [9.17, 15) is 0 Å². The molecule has 1 unspecified atom stereocenters. The summed E-state index contributed by atoms with van der Waals surface area (Å²) in [5, 5.41) is 4.04. The summed E-state index contributed by atoms with van der Waals surface area (Å²) in [5.41, 5.74) is 5.44. The van der Waals surface area contributed by atoms with Gasteiger partial charge in [-0.1, -0.05) is 6.42 Å². The molecule has 2 nitrogen and oxygen atoms in total. The van der Waals surface area contributed by atoms with E-state index in [0.717, 1.165) is 19.5 Å². The van der Waals surface area contributed by atoms with E-state index in [2.05, 4.69) is 5.32 Å². The summed E-state index contributed by atoms with van der Waals surface area (Å²) in [5.74, 6) is 0. The van der Waals surface area contributed by atoms with E-state index in [0.29, 0.717) is 6.04 Å². The number of hydrogen-bond donors (Lipinski definition) is 1. The van der Waals surface area contributed by atoms with Crippen LogP contribution in [-0.2, 0) is 0 Å². The molecule has 1 fully saturated rings. The predicted octanol–water partition coefficient (Wildman–Crippen LogP) is 0.0911. The molecular formula is C4H9N2-. The van der Waals surface area contributed by atoms with E-state index >= 15 is 0 Å². The highest BCUT2D eigenvalue weighted by atomic mass is 14.9. The minimum Gasteiger partial charge on any atom is -0.661 e. The van der Waals surface area contributed by atoms with E-state index in [-0.39, 0.29) is 0 Å². The highest BCUT2D eigenvalue weighted by Crippen LogP contribution is 2.04. The minimum absolute atomic E-state index is 0.380. The first kappa shape index (κ1) is 4.09. The second kappa shape index (κ2) is 1.58. The summed E-state index contributed by atoms with van der Waals surface area (Å²) in [6.07, 6.45) is 1.10. The Labute approximate surface area is 37.7 Å². The SMILES string of the molecule is NC1CC[N-]C1. The van der Waals surface area contributed by atoms with Crippen LogP contribution in [0.5, 0.6) is 0 Å². The molecule has 1 saturated heterocycles. The molecule has 0 saturated carbocycles. The third-order valence-corrected chi connectivity index (χ3v) is 1.02. The van der Waals surface area contributed by atoms with Crippen LogP contribution in [0.4, 0.5) is 0 Å². The molecule has 0 bridgehead atoms. The number of nitrogens with two attached hydrogens (primary N) is 1. The van der Waals surface area contributed by atoms with Gasteiger partial charge >= 0.3 is 0 Å². The summed E-state index contributed by atoms with van der Waals surface area (Å²) in [7, 11) is 0. The van der Waals surface area contributed by atoms with Crippen molar-refractivity contribution in [3.63, 3.8) is 0 Å². The Balaban J connectivity index is 2.18. The molecule has 2 heteroatoms. The van der Waals surface area contributed by atoms with Gasteiger partial charge in [-0.15, -0.1) is 13.1 Å². The topological polar surface area (TPSA) is 40.1 Å². The van der Waals surface area contributed by atoms with E-state index in [4.69, 9.17) is 5.73 Å². The molecule has 36 valence electrons. The van der Waals surface area contributed by atoms with Crippen LogP contribution in [0.25, 0.3) is 5.32 Å². The molecule has 1 aliphatic heterocycles.